The Labute approximate surface area is 180 Å². The Bertz CT molecular complexity index is 1520. The normalized spacial score (nSPS) is 11.5. The number of methoxy groups -OCH3 is 1. The van der Waals surface area contributed by atoms with Crippen molar-refractivity contribution in [3.8, 4) is 22.2 Å². The molecule has 4 aromatic heterocycles. The number of ether oxygens (including phenoxy) is 2. The molecule has 0 amide bonds. The number of aromatic amines is 1. The van der Waals surface area contributed by atoms with E-state index < -0.39 is 0 Å². The number of fused-ring (bicyclic) bond motifs is 3. The molecule has 6 rings (SSSR count). The van der Waals surface area contributed by atoms with Crippen molar-refractivity contribution in [2.24, 2.45) is 0 Å². The monoisotopic (exact) mass is 428 g/mol. The van der Waals surface area contributed by atoms with Gasteiger partial charge < -0.3 is 14.5 Å². The highest BCUT2D eigenvalue weighted by atomic mass is 32.1. The van der Waals surface area contributed by atoms with Gasteiger partial charge in [-0.1, -0.05) is 29.5 Å². The first-order valence-corrected chi connectivity index (χ1v) is 10.4. The maximum Gasteiger partial charge on any atom is 0.235 e. The van der Waals surface area contributed by atoms with Gasteiger partial charge in [0.05, 0.1) is 18.3 Å². The topological polar surface area (TPSA) is 90.2 Å². The van der Waals surface area contributed by atoms with Crippen LogP contribution in [0.4, 0.5) is 0 Å². The molecule has 152 valence electrons. The number of benzene rings is 2. The Kier molecular flexibility index (Phi) is 4.07. The molecule has 8 nitrogen and oxygen atoms in total. The predicted molar refractivity (Wildman–Crippen MR) is 119 cm³/mol. The van der Waals surface area contributed by atoms with E-state index in [9.17, 15) is 0 Å². The summed E-state index contributed by atoms with van der Waals surface area (Å²) in [6, 6.07) is 17.8. The van der Waals surface area contributed by atoms with Gasteiger partial charge in [0.15, 0.2) is 10.8 Å². The summed E-state index contributed by atoms with van der Waals surface area (Å²) in [4.78, 5) is 8.52. The van der Waals surface area contributed by atoms with E-state index in [-0.39, 0.29) is 6.61 Å². The van der Waals surface area contributed by atoms with E-state index in [2.05, 4.69) is 32.3 Å². The highest BCUT2D eigenvalue weighted by Crippen LogP contribution is 2.29. The van der Waals surface area contributed by atoms with Crippen molar-refractivity contribution < 1.29 is 9.47 Å². The second kappa shape index (κ2) is 7.06. The maximum atomic E-state index is 6.06. The van der Waals surface area contributed by atoms with Gasteiger partial charge in [0.1, 0.15) is 18.1 Å². The molecule has 0 saturated carbocycles. The fraction of sp³-hybridized carbons (Fsp3) is 0.0909. The molecule has 0 bridgehead atoms. The molecular formula is C22H16N6O2S. The lowest BCUT2D eigenvalue weighted by molar-refractivity contribution is 0.296. The molecule has 2 aromatic carbocycles. The zero-order valence-electron chi connectivity index (χ0n) is 16.4. The third-order valence-corrected chi connectivity index (χ3v) is 6.01. The van der Waals surface area contributed by atoms with Gasteiger partial charge in [-0.25, -0.2) is 0 Å². The van der Waals surface area contributed by atoms with E-state index in [4.69, 9.17) is 14.6 Å². The van der Waals surface area contributed by atoms with Gasteiger partial charge in [0.25, 0.3) is 0 Å². The molecule has 31 heavy (non-hydrogen) atoms. The first-order valence-electron chi connectivity index (χ1n) is 9.63. The van der Waals surface area contributed by atoms with Crippen LogP contribution < -0.4 is 9.47 Å². The maximum absolute atomic E-state index is 6.06. The Morgan fingerprint density at radius 2 is 2.00 bits per heavy atom. The van der Waals surface area contributed by atoms with Crippen LogP contribution in [-0.4, -0.2) is 36.9 Å². The van der Waals surface area contributed by atoms with Crippen LogP contribution in [0, 0.1) is 0 Å². The minimum atomic E-state index is 0.238. The number of rotatable bonds is 5. The highest BCUT2D eigenvalue weighted by Gasteiger charge is 2.15. The quantitative estimate of drug-likeness (QED) is 0.436. The summed E-state index contributed by atoms with van der Waals surface area (Å²) in [5.41, 5.74) is 2.84. The van der Waals surface area contributed by atoms with Gasteiger partial charge in [0, 0.05) is 28.6 Å². The van der Waals surface area contributed by atoms with Crippen molar-refractivity contribution in [3.63, 3.8) is 0 Å². The minimum absolute atomic E-state index is 0.238. The average Bonchev–Trinajstić information content (AvgIpc) is 3.51. The third kappa shape index (κ3) is 3.06. The van der Waals surface area contributed by atoms with Gasteiger partial charge in [-0.2, -0.15) is 9.61 Å². The number of nitrogens with one attached hydrogen (secondary N) is 1. The third-order valence-electron chi connectivity index (χ3n) is 5.08. The van der Waals surface area contributed by atoms with Crippen LogP contribution in [0.3, 0.4) is 0 Å². The summed E-state index contributed by atoms with van der Waals surface area (Å²) in [7, 11) is 1.63. The molecule has 0 saturated heterocycles. The molecule has 0 unspecified atom stereocenters. The Morgan fingerprint density at radius 3 is 2.90 bits per heavy atom. The van der Waals surface area contributed by atoms with Crippen molar-refractivity contribution in [2.75, 3.05) is 7.11 Å². The van der Waals surface area contributed by atoms with Crippen molar-refractivity contribution >= 4 is 38.1 Å². The summed E-state index contributed by atoms with van der Waals surface area (Å²) in [6.45, 7) is 0.238. The molecule has 4 heterocycles. The van der Waals surface area contributed by atoms with Crippen LogP contribution in [-0.2, 0) is 6.61 Å². The number of H-pyrrole nitrogens is 1. The number of aromatic nitrogens is 6. The van der Waals surface area contributed by atoms with Crippen LogP contribution in [0.15, 0.2) is 60.8 Å². The van der Waals surface area contributed by atoms with E-state index in [1.165, 1.54) is 11.3 Å². The van der Waals surface area contributed by atoms with Crippen molar-refractivity contribution in [2.45, 2.75) is 6.61 Å². The standard InChI is InChI=1S/C22H16N6O2S/c1-29-14-6-7-15-17(11-14)23-9-8-19(15)30-12-20-25-26-22-28(20)27-21(31-22)18-10-13-4-2-3-5-16(13)24-18/h2-11,24H,12H2,1H3. The van der Waals surface area contributed by atoms with E-state index >= 15 is 0 Å². The average molecular weight is 428 g/mol. The fourth-order valence-corrected chi connectivity index (χ4v) is 4.37. The van der Waals surface area contributed by atoms with E-state index in [0.29, 0.717) is 5.82 Å². The largest absolute Gasteiger partial charge is 0.497 e. The summed E-state index contributed by atoms with van der Waals surface area (Å²) in [5.74, 6) is 2.10. The molecular weight excluding hydrogens is 412 g/mol. The minimum Gasteiger partial charge on any atom is -0.497 e. The molecule has 1 N–H and O–H groups in total. The molecule has 9 heteroatoms. The lowest BCUT2D eigenvalue weighted by Gasteiger charge is -2.08. The van der Waals surface area contributed by atoms with Gasteiger partial charge in [-0.15, -0.1) is 10.2 Å². The summed E-state index contributed by atoms with van der Waals surface area (Å²) in [6.07, 6.45) is 1.72. The van der Waals surface area contributed by atoms with Gasteiger partial charge >= 0.3 is 0 Å². The SMILES string of the molecule is COc1ccc2c(OCc3nnc4sc(-c5cc6ccccc6[nH]5)nn34)ccnc2c1. The number of nitrogens with zero attached hydrogens (tertiary/aromatic N) is 5. The Balaban J connectivity index is 1.30. The van der Waals surface area contributed by atoms with Crippen LogP contribution >= 0.6 is 11.3 Å². The lowest BCUT2D eigenvalue weighted by Crippen LogP contribution is -2.03. The van der Waals surface area contributed by atoms with Crippen molar-refractivity contribution in [1.29, 1.82) is 0 Å². The molecule has 0 aliphatic heterocycles. The fourth-order valence-electron chi connectivity index (χ4n) is 3.54. The van der Waals surface area contributed by atoms with Gasteiger partial charge in [-0.05, 0) is 30.3 Å². The van der Waals surface area contributed by atoms with Crippen LogP contribution in [0.1, 0.15) is 5.82 Å². The molecule has 0 atom stereocenters. The second-order valence-corrected chi connectivity index (χ2v) is 7.92. The highest BCUT2D eigenvalue weighted by molar-refractivity contribution is 7.19. The Morgan fingerprint density at radius 1 is 1.06 bits per heavy atom. The molecule has 0 aliphatic carbocycles. The summed E-state index contributed by atoms with van der Waals surface area (Å²) < 4.78 is 13.1. The molecule has 0 spiro atoms. The van der Waals surface area contributed by atoms with Crippen molar-refractivity contribution in [1.82, 2.24) is 29.8 Å². The molecule has 6 aromatic rings. The zero-order chi connectivity index (χ0) is 20.8. The number of hydrogen-bond donors (Lipinski definition) is 1. The van der Waals surface area contributed by atoms with Crippen LogP contribution in [0.2, 0.25) is 0 Å². The molecule has 0 radical (unpaired) electrons. The van der Waals surface area contributed by atoms with Gasteiger partial charge in [0.2, 0.25) is 4.96 Å². The smallest absolute Gasteiger partial charge is 0.235 e. The van der Waals surface area contributed by atoms with E-state index in [1.807, 2.05) is 42.5 Å². The van der Waals surface area contributed by atoms with Crippen LogP contribution in [0.5, 0.6) is 11.5 Å². The van der Waals surface area contributed by atoms with Crippen LogP contribution in [0.25, 0.3) is 37.5 Å². The zero-order valence-corrected chi connectivity index (χ0v) is 17.3. The van der Waals surface area contributed by atoms with Gasteiger partial charge in [-0.3, -0.25) is 4.98 Å². The first kappa shape index (κ1) is 17.8. The number of pyridine rings is 1. The lowest BCUT2D eigenvalue weighted by atomic mass is 10.2. The van der Waals surface area contributed by atoms with Crippen molar-refractivity contribution in [3.05, 3.63) is 66.6 Å². The second-order valence-electron chi connectivity index (χ2n) is 6.97. The first-order chi connectivity index (χ1) is 15.3. The summed E-state index contributed by atoms with van der Waals surface area (Å²) >= 11 is 1.48. The number of hydrogen-bond acceptors (Lipinski definition) is 7. The predicted octanol–water partition coefficient (Wildman–Crippen LogP) is 4.47. The van der Waals surface area contributed by atoms with E-state index in [1.54, 1.807) is 17.8 Å². The van der Waals surface area contributed by atoms with E-state index in [0.717, 1.165) is 49.0 Å². The molecule has 0 aliphatic rings. The molecule has 0 fully saturated rings. The number of para-hydroxylation sites is 1. The Hall–Kier alpha value is -3.98. The summed E-state index contributed by atoms with van der Waals surface area (Å²) in [5, 5.41) is 16.1.